The maximum atomic E-state index is 10.1. The highest BCUT2D eigenvalue weighted by atomic mass is 16.3. The molecule has 0 saturated carbocycles. The van der Waals surface area contributed by atoms with Gasteiger partial charge in [-0.25, -0.2) is 0 Å². The number of hydrogen-bond donors (Lipinski definition) is 16. The fraction of sp³-hybridized carbons (Fsp3) is 0.385. The third kappa shape index (κ3) is 37.1. The Morgan fingerprint density at radius 3 is 0.414 bits per heavy atom. The Hall–Kier alpha value is -13.3. The van der Waals surface area contributed by atoms with Crippen LogP contribution < -0.4 is 45.9 Å². The van der Waals surface area contributed by atoms with Gasteiger partial charge in [0.05, 0.1) is 67.3 Å². The summed E-state index contributed by atoms with van der Waals surface area (Å²) in [6.45, 7) is 50.7. The minimum absolute atomic E-state index is 0.187. The Kier molecular flexibility index (Phi) is 34.1. The molecule has 8 rings (SSSR count). The van der Waals surface area contributed by atoms with E-state index in [2.05, 4.69) is 219 Å². The summed E-state index contributed by atoms with van der Waals surface area (Å²) < 4.78 is 0. The lowest BCUT2D eigenvalue weighted by Gasteiger charge is -2.21. The summed E-state index contributed by atoms with van der Waals surface area (Å²) in [6.07, 6.45) is 0. The molecule has 128 heavy (non-hydrogen) atoms. The number of nitrogen functional groups attached to an aromatic ring is 8. The molecule has 0 amide bonds. The van der Waals surface area contributed by atoms with Gasteiger partial charge >= 0.3 is 0 Å². The van der Waals surface area contributed by atoms with Gasteiger partial charge in [0, 0.05) is 22.7 Å². The Morgan fingerprint density at radius 2 is 0.312 bits per heavy atom. The molecule has 0 heterocycles. The molecule has 0 spiro atoms. The molecule has 0 unspecified atom stereocenters. The van der Waals surface area contributed by atoms with E-state index in [0.29, 0.717) is 136 Å². The number of anilines is 8. The van der Waals surface area contributed by atoms with Gasteiger partial charge in [0.25, 0.3) is 0 Å². The average molecular weight is 1730 g/mol. The Balaban J connectivity index is 0.000000302. The predicted octanol–water partition coefficient (Wildman–Crippen LogP) is 19.2. The van der Waals surface area contributed by atoms with Crippen LogP contribution in [0.2, 0.25) is 0 Å². The highest BCUT2D eigenvalue weighted by Gasteiger charge is 2.26. The second-order valence-corrected chi connectivity index (χ2v) is 39.2. The van der Waals surface area contributed by atoms with Gasteiger partial charge in [-0.2, -0.15) is 0 Å². The van der Waals surface area contributed by atoms with Crippen LogP contribution in [0.5, 0.6) is 0 Å². The maximum Gasteiger partial charge on any atom is 0.120 e. The van der Waals surface area contributed by atoms with Gasteiger partial charge in [0.1, 0.15) is 90.3 Å². The van der Waals surface area contributed by atoms with E-state index in [1.807, 2.05) is 48.5 Å². The second kappa shape index (κ2) is 41.4. The molecule has 0 fully saturated rings. The number of aliphatic hydroxyl groups is 8. The molecule has 8 aromatic rings. The standard InChI is InChI=1S/4C26H32N4O2/c4*1-24(2,3)19-14-17(10-12-25(4,5)31)23(18(15-19)11-13-26(6,7)32)30-29-22-9-8-20(27)16-21(22)28/h4*8-9,14-16,31-32H,27-28H2,1-7H3. The summed E-state index contributed by atoms with van der Waals surface area (Å²) in [6, 6.07) is 35.3. The molecule has 0 radical (unpaired) electrons. The smallest absolute Gasteiger partial charge is 0.120 e. The molecule has 24 heteroatoms. The number of benzene rings is 8. The van der Waals surface area contributed by atoms with Crippen molar-refractivity contribution >= 4 is 91.0 Å². The first-order valence-electron chi connectivity index (χ1n) is 41.3. The second-order valence-electron chi connectivity index (χ2n) is 39.2. The van der Waals surface area contributed by atoms with E-state index < -0.39 is 44.8 Å². The normalized spacial score (nSPS) is 12.2. The number of nitrogens with two attached hydrogens (primary N) is 8. The fourth-order valence-corrected chi connectivity index (χ4v) is 10.3. The Bertz CT molecular complexity index is 5150. The van der Waals surface area contributed by atoms with Crippen molar-refractivity contribution in [1.82, 2.24) is 0 Å². The van der Waals surface area contributed by atoms with Crippen molar-refractivity contribution in [3.05, 3.63) is 188 Å². The van der Waals surface area contributed by atoms with E-state index in [-0.39, 0.29) is 21.7 Å². The summed E-state index contributed by atoms with van der Waals surface area (Å²) in [7, 11) is 0. The van der Waals surface area contributed by atoms with Crippen molar-refractivity contribution in [3.63, 3.8) is 0 Å². The van der Waals surface area contributed by atoms with Crippen LogP contribution in [-0.2, 0) is 21.7 Å². The summed E-state index contributed by atoms with van der Waals surface area (Å²) in [5.41, 5.74) is 52.7. The fourth-order valence-electron chi connectivity index (χ4n) is 10.3. The van der Waals surface area contributed by atoms with Gasteiger partial charge in [-0.1, -0.05) is 178 Å². The molecule has 672 valence electrons. The number of azo groups is 4. The zero-order chi connectivity index (χ0) is 97.3. The largest absolute Gasteiger partial charge is 0.399 e. The topological polar surface area (TPSA) is 469 Å². The van der Waals surface area contributed by atoms with Crippen molar-refractivity contribution in [3.8, 4) is 94.7 Å². The lowest BCUT2D eigenvalue weighted by atomic mass is 9.84. The molecule has 8 aromatic carbocycles. The number of nitrogens with zero attached hydrogens (tertiary/aromatic N) is 8. The van der Waals surface area contributed by atoms with E-state index in [1.165, 1.54) is 0 Å². The molecule has 0 aromatic heterocycles. The minimum Gasteiger partial charge on any atom is -0.399 e. The highest BCUT2D eigenvalue weighted by Crippen LogP contribution is 2.40. The first-order valence-corrected chi connectivity index (χ1v) is 41.3. The van der Waals surface area contributed by atoms with E-state index in [9.17, 15) is 40.9 Å². The molecule has 0 aliphatic carbocycles. The zero-order valence-corrected chi connectivity index (χ0v) is 79.3. The lowest BCUT2D eigenvalue weighted by molar-refractivity contribution is 0.143. The van der Waals surface area contributed by atoms with Crippen molar-refractivity contribution < 1.29 is 40.9 Å². The van der Waals surface area contributed by atoms with Crippen LogP contribution in [0.1, 0.15) is 261 Å². The van der Waals surface area contributed by atoms with Crippen molar-refractivity contribution in [2.24, 2.45) is 40.9 Å². The monoisotopic (exact) mass is 1730 g/mol. The Labute approximate surface area is 757 Å². The first-order chi connectivity index (χ1) is 58.2. The van der Waals surface area contributed by atoms with Gasteiger partial charge in [-0.3, -0.25) is 0 Å². The number of hydrogen-bond acceptors (Lipinski definition) is 24. The van der Waals surface area contributed by atoms with Crippen LogP contribution in [0, 0.1) is 94.7 Å². The van der Waals surface area contributed by atoms with E-state index in [1.54, 1.807) is 184 Å². The molecule has 0 saturated heterocycles. The highest BCUT2D eigenvalue weighted by molar-refractivity contribution is 5.76. The van der Waals surface area contributed by atoms with Crippen molar-refractivity contribution in [1.29, 1.82) is 0 Å². The molecular formula is C104H128N16O8. The van der Waals surface area contributed by atoms with Gasteiger partial charge < -0.3 is 86.7 Å². The van der Waals surface area contributed by atoms with Crippen LogP contribution >= 0.6 is 0 Å². The predicted molar refractivity (Wildman–Crippen MR) is 524 cm³/mol. The number of rotatable bonds is 8. The van der Waals surface area contributed by atoms with Gasteiger partial charge in [0.15, 0.2) is 0 Å². The molecule has 0 bridgehead atoms. The zero-order valence-electron chi connectivity index (χ0n) is 79.3. The summed E-state index contributed by atoms with van der Waals surface area (Å²) in [5.74, 6) is 46.9. The summed E-state index contributed by atoms with van der Waals surface area (Å²) >= 11 is 0. The van der Waals surface area contributed by atoms with E-state index >= 15 is 0 Å². The van der Waals surface area contributed by atoms with Crippen LogP contribution in [0.15, 0.2) is 162 Å². The molecule has 24 N–H and O–H groups in total. The third-order valence-corrected chi connectivity index (χ3v) is 17.2. The van der Waals surface area contributed by atoms with Crippen molar-refractivity contribution in [2.75, 3.05) is 45.9 Å². The summed E-state index contributed by atoms with van der Waals surface area (Å²) in [5, 5.41) is 116. The van der Waals surface area contributed by atoms with Gasteiger partial charge in [0.2, 0.25) is 0 Å². The molecular weight excluding hydrogens is 1600 g/mol. The SMILES string of the molecule is CC(C)(O)C#Cc1cc(C(C)(C)C)cc(C#CC(C)(C)O)c1N=Nc1ccc(N)cc1N.CC(C)(O)C#Cc1cc(C(C)(C)C)cc(C#CC(C)(C)O)c1N=Nc1ccc(N)cc1N.CC(C)(O)C#Cc1cc(C(C)(C)C)cc(C#CC(C)(C)O)c1N=Nc1ccc(N)cc1N.CC(C)(O)C#Cc1cc(C(C)(C)C)cc(C#CC(C)(C)O)c1N=Nc1ccc(N)cc1N. The maximum absolute atomic E-state index is 10.1. The van der Waals surface area contributed by atoms with Crippen molar-refractivity contribution in [2.45, 2.75) is 260 Å². The molecule has 0 atom stereocenters. The quantitative estimate of drug-likeness (QED) is 0.0382. The molecule has 24 nitrogen and oxygen atoms in total. The first kappa shape index (κ1) is 105. The molecule has 0 aliphatic heterocycles. The summed E-state index contributed by atoms with van der Waals surface area (Å²) in [4.78, 5) is 0. The van der Waals surface area contributed by atoms with E-state index in [4.69, 9.17) is 45.9 Å². The minimum atomic E-state index is -1.19. The van der Waals surface area contributed by atoms with Crippen LogP contribution in [0.25, 0.3) is 0 Å². The lowest BCUT2D eigenvalue weighted by Crippen LogP contribution is -2.15. The molecule has 0 aliphatic rings. The van der Waals surface area contributed by atoms with Crippen LogP contribution in [0.3, 0.4) is 0 Å². The van der Waals surface area contributed by atoms with Gasteiger partial charge in [-0.05, 0) is 276 Å². The average Bonchev–Trinajstić information content (AvgIpc) is 0.806. The van der Waals surface area contributed by atoms with E-state index in [0.717, 1.165) is 22.3 Å². The van der Waals surface area contributed by atoms with Crippen LogP contribution in [-0.4, -0.2) is 85.7 Å². The Morgan fingerprint density at radius 1 is 0.188 bits per heavy atom. The third-order valence-electron chi connectivity index (χ3n) is 17.2. The van der Waals surface area contributed by atoms with Crippen LogP contribution in [0.4, 0.5) is 91.0 Å². The van der Waals surface area contributed by atoms with Gasteiger partial charge in [-0.15, -0.1) is 40.9 Å².